The normalized spacial score (nSPS) is 12.2. The van der Waals surface area contributed by atoms with Crippen molar-refractivity contribution in [3.8, 4) is 0 Å². The molecule has 1 rings (SSSR count). The van der Waals surface area contributed by atoms with Crippen LogP contribution in [0.15, 0.2) is 41.2 Å². The lowest BCUT2D eigenvalue weighted by Gasteiger charge is -2.20. The maximum absolute atomic E-state index is 11.3. The minimum atomic E-state index is -0.943. The van der Waals surface area contributed by atoms with Gasteiger partial charge in [0.25, 0.3) is 0 Å². The predicted octanol–water partition coefficient (Wildman–Crippen LogP) is 2.87. The van der Waals surface area contributed by atoms with Crippen LogP contribution >= 0.6 is 0 Å². The number of nitrogens with zero attached hydrogens (tertiary/aromatic N) is 2. The van der Waals surface area contributed by atoms with Crippen LogP contribution in [0.3, 0.4) is 0 Å². The number of rotatable bonds is 6. The standard InChI is InChI=1S/C15H20N2O3/c1-5-7-14(15(18)19)17(3)13-9-6-8-12(10-13)11(2)16-20-4/h6-10H,5H2,1-4H3,(H,18,19). The number of oxime groups is 1. The summed E-state index contributed by atoms with van der Waals surface area (Å²) < 4.78 is 0. The van der Waals surface area contributed by atoms with Crippen molar-refractivity contribution in [1.82, 2.24) is 0 Å². The third kappa shape index (κ3) is 3.85. The Labute approximate surface area is 119 Å². The molecule has 1 aromatic carbocycles. The number of carboxylic acid groups (broad SMARTS) is 1. The molecule has 0 aliphatic rings. The van der Waals surface area contributed by atoms with Gasteiger partial charge < -0.3 is 14.8 Å². The molecular formula is C15H20N2O3. The number of hydrogen-bond acceptors (Lipinski definition) is 4. The molecule has 0 heterocycles. The van der Waals surface area contributed by atoms with E-state index < -0.39 is 5.97 Å². The summed E-state index contributed by atoms with van der Waals surface area (Å²) in [5, 5.41) is 13.1. The lowest BCUT2D eigenvalue weighted by molar-refractivity contribution is -0.132. The van der Waals surface area contributed by atoms with Gasteiger partial charge in [-0.1, -0.05) is 30.3 Å². The maximum Gasteiger partial charge on any atom is 0.352 e. The van der Waals surface area contributed by atoms with E-state index in [0.29, 0.717) is 6.42 Å². The summed E-state index contributed by atoms with van der Waals surface area (Å²) >= 11 is 0. The van der Waals surface area contributed by atoms with E-state index in [1.165, 1.54) is 7.11 Å². The summed E-state index contributed by atoms with van der Waals surface area (Å²) in [7, 11) is 3.23. The second-order valence-electron chi connectivity index (χ2n) is 4.27. The first-order valence-corrected chi connectivity index (χ1v) is 6.36. The Morgan fingerprint density at radius 2 is 2.20 bits per heavy atom. The average molecular weight is 276 g/mol. The van der Waals surface area contributed by atoms with Gasteiger partial charge in [0.2, 0.25) is 0 Å². The van der Waals surface area contributed by atoms with E-state index in [2.05, 4.69) is 5.16 Å². The summed E-state index contributed by atoms with van der Waals surface area (Å²) in [4.78, 5) is 17.7. The average Bonchev–Trinajstić information content (AvgIpc) is 2.44. The molecule has 1 N–H and O–H groups in total. The molecule has 0 unspecified atom stereocenters. The molecule has 0 fully saturated rings. The molecule has 0 radical (unpaired) electrons. The van der Waals surface area contributed by atoms with Crippen LogP contribution < -0.4 is 4.90 Å². The van der Waals surface area contributed by atoms with Gasteiger partial charge >= 0.3 is 5.97 Å². The zero-order valence-electron chi connectivity index (χ0n) is 12.3. The molecule has 0 aliphatic heterocycles. The van der Waals surface area contributed by atoms with Crippen molar-refractivity contribution in [1.29, 1.82) is 0 Å². The molecule has 5 nitrogen and oxygen atoms in total. The Morgan fingerprint density at radius 3 is 2.75 bits per heavy atom. The monoisotopic (exact) mass is 276 g/mol. The van der Waals surface area contributed by atoms with Gasteiger partial charge in [-0.25, -0.2) is 4.79 Å². The van der Waals surface area contributed by atoms with Crippen molar-refractivity contribution < 1.29 is 14.7 Å². The van der Waals surface area contributed by atoms with Crippen LogP contribution in [-0.4, -0.2) is 30.9 Å². The highest BCUT2D eigenvalue weighted by atomic mass is 16.6. The third-order valence-electron chi connectivity index (χ3n) is 2.86. The second kappa shape index (κ2) is 7.33. The van der Waals surface area contributed by atoms with E-state index in [0.717, 1.165) is 17.0 Å². The van der Waals surface area contributed by atoms with Crippen LogP contribution in [0, 0.1) is 0 Å². The molecule has 0 aromatic heterocycles. The fraction of sp³-hybridized carbons (Fsp3) is 0.333. The Bertz CT molecular complexity index is 536. The molecule has 0 amide bonds. The molecule has 5 heteroatoms. The smallest absolute Gasteiger partial charge is 0.352 e. The topological polar surface area (TPSA) is 62.1 Å². The first-order chi connectivity index (χ1) is 9.51. The minimum Gasteiger partial charge on any atom is -0.477 e. The van der Waals surface area contributed by atoms with E-state index in [9.17, 15) is 9.90 Å². The molecule has 0 bridgehead atoms. The Hall–Kier alpha value is -2.30. The van der Waals surface area contributed by atoms with E-state index in [-0.39, 0.29) is 5.70 Å². The lowest BCUT2D eigenvalue weighted by Crippen LogP contribution is -2.23. The summed E-state index contributed by atoms with van der Waals surface area (Å²) in [6, 6.07) is 7.50. The lowest BCUT2D eigenvalue weighted by atomic mass is 10.1. The number of allylic oxidation sites excluding steroid dienone is 1. The Balaban J connectivity index is 3.14. The van der Waals surface area contributed by atoms with Crippen molar-refractivity contribution in [2.24, 2.45) is 5.16 Å². The van der Waals surface area contributed by atoms with Crippen LogP contribution in [-0.2, 0) is 9.63 Å². The largest absolute Gasteiger partial charge is 0.477 e. The van der Waals surface area contributed by atoms with Crippen molar-refractivity contribution in [3.05, 3.63) is 41.6 Å². The van der Waals surface area contributed by atoms with Gasteiger partial charge in [-0.05, 0) is 25.5 Å². The van der Waals surface area contributed by atoms with E-state index >= 15 is 0 Å². The molecule has 1 aromatic rings. The molecular weight excluding hydrogens is 256 g/mol. The van der Waals surface area contributed by atoms with Gasteiger partial charge in [-0.15, -0.1) is 0 Å². The van der Waals surface area contributed by atoms with Crippen LogP contribution in [0.2, 0.25) is 0 Å². The predicted molar refractivity (Wildman–Crippen MR) is 80.1 cm³/mol. The quantitative estimate of drug-likeness (QED) is 0.493. The van der Waals surface area contributed by atoms with Crippen LogP contribution in [0.4, 0.5) is 5.69 Å². The molecule has 20 heavy (non-hydrogen) atoms. The number of carbonyl (C=O) groups is 1. The summed E-state index contributed by atoms with van der Waals surface area (Å²) in [5.41, 5.74) is 2.66. The summed E-state index contributed by atoms with van der Waals surface area (Å²) in [6.07, 6.45) is 2.35. The Kier molecular flexibility index (Phi) is 5.77. The first kappa shape index (κ1) is 15.8. The van der Waals surface area contributed by atoms with Crippen LogP contribution in [0.5, 0.6) is 0 Å². The van der Waals surface area contributed by atoms with Gasteiger partial charge in [0.05, 0.1) is 5.71 Å². The SMILES string of the molecule is CCC=C(C(=O)O)N(C)c1cccc(C(C)=NOC)c1. The molecule has 0 aliphatic carbocycles. The number of anilines is 1. The van der Waals surface area contributed by atoms with Crippen LogP contribution in [0.1, 0.15) is 25.8 Å². The van der Waals surface area contributed by atoms with Gasteiger partial charge in [0.15, 0.2) is 0 Å². The maximum atomic E-state index is 11.3. The molecule has 0 saturated carbocycles. The van der Waals surface area contributed by atoms with Crippen LogP contribution in [0.25, 0.3) is 0 Å². The highest BCUT2D eigenvalue weighted by Gasteiger charge is 2.14. The molecule has 0 spiro atoms. The third-order valence-corrected chi connectivity index (χ3v) is 2.86. The van der Waals surface area contributed by atoms with Gasteiger partial charge in [-0.3, -0.25) is 0 Å². The number of hydrogen-bond donors (Lipinski definition) is 1. The van der Waals surface area contributed by atoms with E-state index in [1.54, 1.807) is 18.0 Å². The molecule has 0 atom stereocenters. The molecule has 0 saturated heterocycles. The van der Waals surface area contributed by atoms with Crippen molar-refractivity contribution in [3.63, 3.8) is 0 Å². The van der Waals surface area contributed by atoms with Crippen molar-refractivity contribution in [2.45, 2.75) is 20.3 Å². The highest BCUT2D eigenvalue weighted by Crippen LogP contribution is 2.20. The highest BCUT2D eigenvalue weighted by molar-refractivity contribution is 5.99. The van der Waals surface area contributed by atoms with Gasteiger partial charge in [-0.2, -0.15) is 0 Å². The number of aliphatic carboxylic acids is 1. The Morgan fingerprint density at radius 1 is 1.50 bits per heavy atom. The first-order valence-electron chi connectivity index (χ1n) is 6.36. The fourth-order valence-electron chi connectivity index (χ4n) is 1.83. The fourth-order valence-corrected chi connectivity index (χ4v) is 1.83. The number of carboxylic acids is 1. The van der Waals surface area contributed by atoms with E-state index in [1.807, 2.05) is 38.1 Å². The van der Waals surface area contributed by atoms with Crippen molar-refractivity contribution >= 4 is 17.4 Å². The number of benzene rings is 1. The van der Waals surface area contributed by atoms with E-state index in [4.69, 9.17) is 4.84 Å². The van der Waals surface area contributed by atoms with Gasteiger partial charge in [0.1, 0.15) is 12.8 Å². The minimum absolute atomic E-state index is 0.256. The summed E-state index contributed by atoms with van der Waals surface area (Å²) in [5.74, 6) is -0.943. The summed E-state index contributed by atoms with van der Waals surface area (Å²) in [6.45, 7) is 3.74. The second-order valence-corrected chi connectivity index (χ2v) is 4.27. The van der Waals surface area contributed by atoms with Gasteiger partial charge in [0, 0.05) is 18.3 Å². The molecule has 108 valence electrons. The zero-order chi connectivity index (χ0) is 15.1. The zero-order valence-corrected chi connectivity index (χ0v) is 12.3. The van der Waals surface area contributed by atoms with Crippen molar-refractivity contribution in [2.75, 3.05) is 19.1 Å². The number of likely N-dealkylation sites (N-methyl/N-ethyl adjacent to an activating group) is 1.